The van der Waals surface area contributed by atoms with Gasteiger partial charge in [0.05, 0.1) is 4.99 Å². The molecule has 0 spiro atoms. The van der Waals surface area contributed by atoms with Crippen LogP contribution < -0.4 is 5.73 Å². The molecule has 0 aromatic heterocycles. The van der Waals surface area contributed by atoms with E-state index in [2.05, 4.69) is 52.0 Å². The Morgan fingerprint density at radius 3 is 2.39 bits per heavy atom. The summed E-state index contributed by atoms with van der Waals surface area (Å²) in [5.74, 6) is 0. The van der Waals surface area contributed by atoms with E-state index in [1.165, 1.54) is 5.56 Å². The second-order valence-electron chi connectivity index (χ2n) is 5.33. The van der Waals surface area contributed by atoms with E-state index in [4.69, 9.17) is 18.0 Å². The van der Waals surface area contributed by atoms with Crippen LogP contribution in [0.5, 0.6) is 0 Å². The third kappa shape index (κ3) is 3.31. The van der Waals surface area contributed by atoms with Crippen LogP contribution in [0.25, 0.3) is 0 Å². The fourth-order valence-corrected chi connectivity index (χ4v) is 2.77. The first kappa shape index (κ1) is 14.0. The first-order chi connectivity index (χ1) is 8.49. The molecule has 1 saturated heterocycles. The van der Waals surface area contributed by atoms with Crippen molar-refractivity contribution in [2.75, 3.05) is 13.1 Å². The van der Waals surface area contributed by atoms with Gasteiger partial charge in [-0.15, -0.1) is 0 Å². The molecule has 0 bridgehead atoms. The van der Waals surface area contributed by atoms with Crippen molar-refractivity contribution in [2.24, 2.45) is 11.1 Å². The lowest BCUT2D eigenvalue weighted by atomic mass is 9.80. The largest absolute Gasteiger partial charge is 0.393 e. The van der Waals surface area contributed by atoms with E-state index in [1.54, 1.807) is 0 Å². The normalized spacial score (nSPS) is 19.7. The van der Waals surface area contributed by atoms with Crippen LogP contribution >= 0.6 is 28.1 Å². The molecule has 1 fully saturated rings. The monoisotopic (exact) mass is 326 g/mol. The van der Waals surface area contributed by atoms with Crippen molar-refractivity contribution in [3.8, 4) is 0 Å². The third-order valence-electron chi connectivity index (χ3n) is 3.87. The third-order valence-corrected chi connectivity index (χ3v) is 4.90. The fraction of sp³-hybridized carbons (Fsp3) is 0.500. The lowest BCUT2D eigenvalue weighted by molar-refractivity contribution is 0.158. The molecule has 1 aliphatic rings. The number of benzene rings is 1. The maximum atomic E-state index is 5.82. The van der Waals surface area contributed by atoms with Gasteiger partial charge in [0.25, 0.3) is 0 Å². The summed E-state index contributed by atoms with van der Waals surface area (Å²) in [7, 11) is 0. The van der Waals surface area contributed by atoms with Crippen LogP contribution in [-0.4, -0.2) is 23.0 Å². The average molecular weight is 327 g/mol. The van der Waals surface area contributed by atoms with Crippen LogP contribution in [0.3, 0.4) is 0 Å². The highest BCUT2D eigenvalue weighted by molar-refractivity contribution is 9.10. The summed E-state index contributed by atoms with van der Waals surface area (Å²) in [6.45, 7) is 5.35. The Bertz CT molecular complexity index is 422. The van der Waals surface area contributed by atoms with E-state index in [0.29, 0.717) is 4.99 Å². The maximum absolute atomic E-state index is 5.82. The maximum Gasteiger partial charge on any atom is 0.0788 e. The van der Waals surface area contributed by atoms with E-state index in [1.807, 2.05) is 0 Å². The molecule has 1 aliphatic heterocycles. The van der Waals surface area contributed by atoms with Crippen molar-refractivity contribution in [1.82, 2.24) is 4.90 Å². The Balaban J connectivity index is 1.91. The molecule has 0 atom stereocenters. The van der Waals surface area contributed by atoms with Gasteiger partial charge in [-0.2, -0.15) is 0 Å². The minimum atomic E-state index is 0.0611. The van der Waals surface area contributed by atoms with Gasteiger partial charge in [0.1, 0.15) is 0 Å². The number of hydrogen-bond donors (Lipinski definition) is 1. The number of likely N-dealkylation sites (tertiary alicyclic amines) is 1. The van der Waals surface area contributed by atoms with E-state index in [9.17, 15) is 0 Å². The summed E-state index contributed by atoms with van der Waals surface area (Å²) in [5, 5.41) is 0. The van der Waals surface area contributed by atoms with Gasteiger partial charge in [-0.1, -0.05) is 47.2 Å². The summed E-state index contributed by atoms with van der Waals surface area (Å²) in [5.41, 5.74) is 7.24. The van der Waals surface area contributed by atoms with E-state index in [-0.39, 0.29) is 5.41 Å². The number of nitrogens with two attached hydrogens (primary N) is 1. The molecule has 2 rings (SSSR count). The summed E-state index contributed by atoms with van der Waals surface area (Å²) < 4.78 is 1.13. The van der Waals surface area contributed by atoms with Gasteiger partial charge >= 0.3 is 0 Å². The molecule has 18 heavy (non-hydrogen) atoms. The average Bonchev–Trinajstić information content (AvgIpc) is 2.35. The minimum absolute atomic E-state index is 0.0611. The minimum Gasteiger partial charge on any atom is -0.393 e. The summed E-state index contributed by atoms with van der Waals surface area (Å²) >= 11 is 8.63. The molecule has 4 heteroatoms. The highest BCUT2D eigenvalue weighted by atomic mass is 79.9. The quantitative estimate of drug-likeness (QED) is 0.864. The van der Waals surface area contributed by atoms with Crippen LogP contribution in [0.15, 0.2) is 28.7 Å². The van der Waals surface area contributed by atoms with Crippen LogP contribution in [0.1, 0.15) is 25.3 Å². The predicted octanol–water partition coefficient (Wildman–Crippen LogP) is 3.34. The van der Waals surface area contributed by atoms with Crippen molar-refractivity contribution in [3.63, 3.8) is 0 Å². The zero-order valence-corrected chi connectivity index (χ0v) is 13.1. The zero-order valence-electron chi connectivity index (χ0n) is 10.7. The van der Waals surface area contributed by atoms with Gasteiger partial charge in [0.15, 0.2) is 0 Å². The highest BCUT2D eigenvalue weighted by Crippen LogP contribution is 2.31. The molecule has 98 valence electrons. The number of hydrogen-bond acceptors (Lipinski definition) is 2. The molecule has 0 radical (unpaired) electrons. The molecule has 0 saturated carbocycles. The summed E-state index contributed by atoms with van der Waals surface area (Å²) in [4.78, 5) is 3.15. The van der Waals surface area contributed by atoms with Crippen LogP contribution in [0, 0.1) is 5.41 Å². The Morgan fingerprint density at radius 2 is 1.89 bits per heavy atom. The van der Waals surface area contributed by atoms with E-state index >= 15 is 0 Å². The van der Waals surface area contributed by atoms with Crippen molar-refractivity contribution in [3.05, 3.63) is 34.3 Å². The number of nitrogens with zero attached hydrogens (tertiary/aromatic N) is 1. The smallest absolute Gasteiger partial charge is 0.0788 e. The van der Waals surface area contributed by atoms with Crippen molar-refractivity contribution in [1.29, 1.82) is 0 Å². The Labute approximate surface area is 123 Å². The molecule has 0 aliphatic carbocycles. The lowest BCUT2D eigenvalue weighted by Crippen LogP contribution is -2.44. The molecular weight excluding hydrogens is 308 g/mol. The molecular formula is C14H19BrN2S. The van der Waals surface area contributed by atoms with Gasteiger partial charge in [0, 0.05) is 16.4 Å². The molecule has 1 aromatic rings. The predicted molar refractivity (Wildman–Crippen MR) is 83.5 cm³/mol. The second-order valence-corrected chi connectivity index (χ2v) is 6.68. The molecule has 1 aromatic carbocycles. The first-order valence-corrected chi connectivity index (χ1v) is 7.46. The van der Waals surface area contributed by atoms with Gasteiger partial charge in [-0.25, -0.2) is 0 Å². The number of piperidine rings is 1. The molecule has 0 amide bonds. The van der Waals surface area contributed by atoms with Crippen LogP contribution in [0.4, 0.5) is 0 Å². The molecule has 1 heterocycles. The van der Waals surface area contributed by atoms with Gasteiger partial charge in [-0.3, -0.25) is 4.90 Å². The highest BCUT2D eigenvalue weighted by Gasteiger charge is 2.32. The van der Waals surface area contributed by atoms with Crippen molar-refractivity contribution in [2.45, 2.75) is 26.3 Å². The van der Waals surface area contributed by atoms with Crippen molar-refractivity contribution < 1.29 is 0 Å². The molecule has 2 nitrogen and oxygen atoms in total. The lowest BCUT2D eigenvalue weighted by Gasteiger charge is -2.38. The summed E-state index contributed by atoms with van der Waals surface area (Å²) in [6.07, 6.45) is 2.14. The standard InChI is InChI=1S/C14H19BrN2S/c1-14(13(16)18)6-8-17(9-7-14)10-11-2-4-12(15)5-3-11/h2-5H,6-10H2,1H3,(H2,16,18). The Morgan fingerprint density at radius 1 is 1.33 bits per heavy atom. The van der Waals surface area contributed by atoms with E-state index in [0.717, 1.165) is 36.9 Å². The molecule has 0 unspecified atom stereocenters. The van der Waals surface area contributed by atoms with Gasteiger partial charge in [-0.05, 0) is 43.6 Å². The first-order valence-electron chi connectivity index (χ1n) is 6.26. The second kappa shape index (κ2) is 5.68. The zero-order chi connectivity index (χ0) is 13.2. The number of thiocarbonyl (C=S) groups is 1. The van der Waals surface area contributed by atoms with Crippen LogP contribution in [-0.2, 0) is 6.54 Å². The van der Waals surface area contributed by atoms with Crippen LogP contribution in [0.2, 0.25) is 0 Å². The number of halogens is 1. The van der Waals surface area contributed by atoms with Gasteiger partial charge < -0.3 is 5.73 Å². The van der Waals surface area contributed by atoms with Crippen molar-refractivity contribution >= 4 is 33.1 Å². The van der Waals surface area contributed by atoms with E-state index < -0.39 is 0 Å². The topological polar surface area (TPSA) is 29.3 Å². The molecule has 2 N–H and O–H groups in total. The Kier molecular flexibility index (Phi) is 4.41. The Hall–Kier alpha value is -0.450. The summed E-state index contributed by atoms with van der Waals surface area (Å²) in [6, 6.07) is 8.54. The fourth-order valence-electron chi connectivity index (χ4n) is 2.30. The number of rotatable bonds is 3. The van der Waals surface area contributed by atoms with Gasteiger partial charge in [0.2, 0.25) is 0 Å². The SMILES string of the molecule is CC1(C(N)=S)CCN(Cc2ccc(Br)cc2)CC1.